The third-order valence-corrected chi connectivity index (χ3v) is 2.94. The Labute approximate surface area is 123 Å². The molecule has 0 saturated carbocycles. The summed E-state index contributed by atoms with van der Waals surface area (Å²) in [4.78, 5) is 12.0. The lowest BCUT2D eigenvalue weighted by molar-refractivity contribution is -0.122. The molecule has 21 heavy (non-hydrogen) atoms. The molecule has 5 nitrogen and oxygen atoms in total. The minimum absolute atomic E-state index is 0.0663. The van der Waals surface area contributed by atoms with Gasteiger partial charge in [-0.1, -0.05) is 12.1 Å². The van der Waals surface area contributed by atoms with Crippen molar-refractivity contribution in [2.45, 2.75) is 19.6 Å². The van der Waals surface area contributed by atoms with Gasteiger partial charge < -0.3 is 20.9 Å². The highest BCUT2D eigenvalue weighted by molar-refractivity contribution is 5.94. The molecule has 2 rings (SSSR count). The topological polar surface area (TPSA) is 84.6 Å². The van der Waals surface area contributed by atoms with E-state index in [2.05, 4.69) is 5.32 Å². The highest BCUT2D eigenvalue weighted by atomic mass is 16.5. The minimum atomic E-state index is -0.656. The number of benzene rings is 2. The number of carbonyl (C=O) groups is 1. The number of amides is 1. The average molecular weight is 286 g/mol. The van der Waals surface area contributed by atoms with Crippen molar-refractivity contribution in [3.05, 3.63) is 54.1 Å². The number of aliphatic hydroxyl groups is 1. The predicted octanol–water partition coefficient (Wildman–Crippen LogP) is 2.17. The van der Waals surface area contributed by atoms with E-state index in [0.717, 1.165) is 5.56 Å². The van der Waals surface area contributed by atoms with E-state index in [1.807, 2.05) is 0 Å². The molecule has 2 aromatic rings. The van der Waals surface area contributed by atoms with Gasteiger partial charge in [0.25, 0.3) is 5.91 Å². The van der Waals surface area contributed by atoms with Gasteiger partial charge in [0.2, 0.25) is 0 Å². The molecular formula is C16H18N2O3. The molecule has 0 saturated heterocycles. The summed E-state index contributed by atoms with van der Waals surface area (Å²) in [5, 5.41) is 11.8. The Morgan fingerprint density at radius 2 is 2.00 bits per heavy atom. The largest absolute Gasteiger partial charge is 0.481 e. The first-order valence-electron chi connectivity index (χ1n) is 6.61. The van der Waals surface area contributed by atoms with Crippen LogP contribution in [-0.2, 0) is 11.4 Å². The molecule has 110 valence electrons. The highest BCUT2D eigenvalue weighted by Gasteiger charge is 2.15. The van der Waals surface area contributed by atoms with Crippen LogP contribution in [0.3, 0.4) is 0 Å². The maximum atomic E-state index is 12.0. The number of nitrogens with two attached hydrogens (primary N) is 1. The quantitative estimate of drug-likeness (QED) is 0.735. The first-order valence-corrected chi connectivity index (χ1v) is 6.61. The third-order valence-electron chi connectivity index (χ3n) is 2.94. The van der Waals surface area contributed by atoms with E-state index >= 15 is 0 Å². The lowest BCUT2D eigenvalue weighted by Crippen LogP contribution is -2.30. The molecule has 0 aromatic heterocycles. The summed E-state index contributed by atoms with van der Waals surface area (Å²) in [6, 6.07) is 13.9. The molecule has 0 radical (unpaired) electrons. The number of anilines is 2. The molecular weight excluding hydrogens is 268 g/mol. The number of aliphatic hydroxyl groups excluding tert-OH is 1. The van der Waals surface area contributed by atoms with Crippen LogP contribution in [0, 0.1) is 0 Å². The van der Waals surface area contributed by atoms with Crippen molar-refractivity contribution >= 4 is 17.3 Å². The van der Waals surface area contributed by atoms with Gasteiger partial charge in [0.05, 0.1) is 6.61 Å². The fourth-order valence-corrected chi connectivity index (χ4v) is 1.79. The van der Waals surface area contributed by atoms with E-state index in [4.69, 9.17) is 15.6 Å². The van der Waals surface area contributed by atoms with E-state index in [0.29, 0.717) is 17.1 Å². The lowest BCUT2D eigenvalue weighted by Gasteiger charge is -2.15. The van der Waals surface area contributed by atoms with Crippen molar-refractivity contribution in [1.82, 2.24) is 0 Å². The second-order valence-electron chi connectivity index (χ2n) is 4.68. The van der Waals surface area contributed by atoms with Crippen LogP contribution in [-0.4, -0.2) is 17.1 Å². The minimum Gasteiger partial charge on any atom is -0.481 e. The van der Waals surface area contributed by atoms with Crippen LogP contribution in [0.4, 0.5) is 11.4 Å². The summed E-state index contributed by atoms with van der Waals surface area (Å²) in [6.45, 7) is 1.60. The SMILES string of the molecule is CC(Oc1cccc(CO)c1)C(=O)Nc1ccc(N)cc1. The standard InChI is InChI=1S/C16H18N2O3/c1-11(21-15-4-2-3-12(9-15)10-19)16(20)18-14-7-5-13(17)6-8-14/h2-9,11,19H,10,17H2,1H3,(H,18,20). The summed E-state index contributed by atoms with van der Waals surface area (Å²) in [5.41, 5.74) is 7.62. The first kappa shape index (κ1) is 14.9. The van der Waals surface area contributed by atoms with Crippen LogP contribution >= 0.6 is 0 Å². The first-order chi connectivity index (χ1) is 10.1. The summed E-state index contributed by atoms with van der Waals surface area (Å²) in [5.74, 6) is 0.288. The fraction of sp³-hybridized carbons (Fsp3) is 0.188. The third kappa shape index (κ3) is 4.22. The normalized spacial score (nSPS) is 11.7. The van der Waals surface area contributed by atoms with Crippen LogP contribution in [0.5, 0.6) is 5.75 Å². The zero-order valence-corrected chi connectivity index (χ0v) is 11.7. The Kier molecular flexibility index (Phi) is 4.79. The smallest absolute Gasteiger partial charge is 0.265 e. The van der Waals surface area contributed by atoms with Crippen LogP contribution in [0.15, 0.2) is 48.5 Å². The molecule has 0 aliphatic carbocycles. The fourth-order valence-electron chi connectivity index (χ4n) is 1.79. The molecule has 2 aromatic carbocycles. The van der Waals surface area contributed by atoms with Crippen LogP contribution in [0.25, 0.3) is 0 Å². The van der Waals surface area contributed by atoms with Crippen LogP contribution in [0.2, 0.25) is 0 Å². The van der Waals surface area contributed by atoms with E-state index in [1.165, 1.54) is 0 Å². The summed E-state index contributed by atoms with van der Waals surface area (Å²) >= 11 is 0. The monoisotopic (exact) mass is 286 g/mol. The summed E-state index contributed by atoms with van der Waals surface area (Å²) < 4.78 is 5.57. The number of hydrogen-bond donors (Lipinski definition) is 3. The summed E-state index contributed by atoms with van der Waals surface area (Å²) in [7, 11) is 0. The Bertz CT molecular complexity index is 611. The molecule has 1 amide bonds. The van der Waals surface area contributed by atoms with Crippen molar-refractivity contribution in [1.29, 1.82) is 0 Å². The Hall–Kier alpha value is -2.53. The van der Waals surface area contributed by atoms with Crippen molar-refractivity contribution in [3.8, 4) is 5.75 Å². The zero-order valence-electron chi connectivity index (χ0n) is 11.7. The molecule has 4 N–H and O–H groups in total. The Balaban J connectivity index is 1.97. The van der Waals surface area contributed by atoms with Crippen molar-refractivity contribution < 1.29 is 14.6 Å². The number of nitrogen functional groups attached to an aromatic ring is 1. The van der Waals surface area contributed by atoms with Gasteiger partial charge in [0.1, 0.15) is 5.75 Å². The summed E-state index contributed by atoms with van der Waals surface area (Å²) in [6.07, 6.45) is -0.656. The molecule has 1 atom stereocenters. The van der Waals surface area contributed by atoms with Gasteiger partial charge in [-0.2, -0.15) is 0 Å². The van der Waals surface area contributed by atoms with Crippen molar-refractivity contribution in [2.75, 3.05) is 11.1 Å². The number of carbonyl (C=O) groups excluding carboxylic acids is 1. The van der Waals surface area contributed by atoms with Crippen molar-refractivity contribution in [3.63, 3.8) is 0 Å². The predicted molar refractivity (Wildman–Crippen MR) is 81.9 cm³/mol. The van der Waals surface area contributed by atoms with Gasteiger partial charge in [-0.25, -0.2) is 0 Å². The van der Waals surface area contributed by atoms with E-state index in [9.17, 15) is 4.79 Å². The molecule has 0 aliphatic rings. The van der Waals surface area contributed by atoms with Gasteiger partial charge in [0, 0.05) is 11.4 Å². The number of rotatable bonds is 5. The maximum Gasteiger partial charge on any atom is 0.265 e. The van der Waals surface area contributed by atoms with Gasteiger partial charge in [-0.05, 0) is 48.9 Å². The van der Waals surface area contributed by atoms with Gasteiger partial charge >= 0.3 is 0 Å². The van der Waals surface area contributed by atoms with Gasteiger partial charge in [-0.15, -0.1) is 0 Å². The number of ether oxygens (including phenoxy) is 1. The van der Waals surface area contributed by atoms with E-state index in [1.54, 1.807) is 55.5 Å². The Morgan fingerprint density at radius 3 is 2.67 bits per heavy atom. The molecule has 0 aliphatic heterocycles. The molecule has 1 unspecified atom stereocenters. The van der Waals surface area contributed by atoms with E-state index < -0.39 is 6.10 Å². The van der Waals surface area contributed by atoms with Gasteiger partial charge in [-0.3, -0.25) is 4.79 Å². The maximum absolute atomic E-state index is 12.0. The van der Waals surface area contributed by atoms with Crippen LogP contribution in [0.1, 0.15) is 12.5 Å². The highest BCUT2D eigenvalue weighted by Crippen LogP contribution is 2.16. The van der Waals surface area contributed by atoms with E-state index in [-0.39, 0.29) is 12.5 Å². The second kappa shape index (κ2) is 6.76. The average Bonchev–Trinajstić information content (AvgIpc) is 2.49. The molecule has 0 heterocycles. The molecule has 0 spiro atoms. The molecule has 5 heteroatoms. The van der Waals surface area contributed by atoms with Crippen LogP contribution < -0.4 is 15.8 Å². The molecule has 0 bridgehead atoms. The lowest BCUT2D eigenvalue weighted by atomic mass is 10.2. The van der Waals surface area contributed by atoms with Gasteiger partial charge in [0.15, 0.2) is 6.10 Å². The van der Waals surface area contributed by atoms with Crippen molar-refractivity contribution in [2.24, 2.45) is 0 Å². The number of hydrogen-bond acceptors (Lipinski definition) is 4. The molecule has 0 fully saturated rings. The number of nitrogens with one attached hydrogen (secondary N) is 1. The Morgan fingerprint density at radius 1 is 1.29 bits per heavy atom. The second-order valence-corrected chi connectivity index (χ2v) is 4.68. The zero-order chi connectivity index (χ0) is 15.2.